The van der Waals surface area contributed by atoms with Crippen molar-refractivity contribution in [3.63, 3.8) is 0 Å². The van der Waals surface area contributed by atoms with Gasteiger partial charge in [0.1, 0.15) is 12.4 Å². The summed E-state index contributed by atoms with van der Waals surface area (Å²) in [6, 6.07) is 14.3. The van der Waals surface area contributed by atoms with Crippen LogP contribution in [0.3, 0.4) is 0 Å². The highest BCUT2D eigenvalue weighted by Crippen LogP contribution is 2.22. The highest BCUT2D eigenvalue weighted by Gasteiger charge is 2.19. The van der Waals surface area contributed by atoms with E-state index in [0.717, 1.165) is 16.9 Å². The Morgan fingerprint density at radius 1 is 1.23 bits per heavy atom. The van der Waals surface area contributed by atoms with E-state index in [-0.39, 0.29) is 5.92 Å². The molecule has 0 fully saturated rings. The molecule has 116 valence electrons. The average Bonchev–Trinajstić information content (AvgIpc) is 2.52. The number of rotatable bonds is 6. The maximum atomic E-state index is 11.1. The van der Waals surface area contributed by atoms with Crippen LogP contribution in [0, 0.1) is 0 Å². The van der Waals surface area contributed by atoms with Gasteiger partial charge in [0.2, 0.25) is 5.91 Å². The predicted octanol–water partition coefficient (Wildman–Crippen LogP) is 2.84. The van der Waals surface area contributed by atoms with Crippen molar-refractivity contribution in [3.05, 3.63) is 64.7 Å². The molecule has 5 heteroatoms. The van der Waals surface area contributed by atoms with Crippen LogP contribution in [0.25, 0.3) is 0 Å². The number of halogens is 1. The molecule has 0 aliphatic heterocycles. The molecule has 0 aromatic heterocycles. The van der Waals surface area contributed by atoms with Gasteiger partial charge in [-0.05, 0) is 35.4 Å². The van der Waals surface area contributed by atoms with Gasteiger partial charge in [-0.2, -0.15) is 0 Å². The topological polar surface area (TPSA) is 78.3 Å². The normalized spacial score (nSPS) is 13.4. The van der Waals surface area contributed by atoms with Crippen molar-refractivity contribution >= 4 is 17.5 Å². The van der Waals surface area contributed by atoms with Crippen molar-refractivity contribution in [1.29, 1.82) is 0 Å². The van der Waals surface area contributed by atoms with Gasteiger partial charge in [0, 0.05) is 10.9 Å². The molecule has 2 atom stereocenters. The molecule has 2 unspecified atom stereocenters. The monoisotopic (exact) mass is 318 g/mol. The van der Waals surface area contributed by atoms with E-state index in [9.17, 15) is 4.79 Å². The fourth-order valence-electron chi connectivity index (χ4n) is 2.11. The maximum absolute atomic E-state index is 11.1. The first-order chi connectivity index (χ1) is 10.5. The Morgan fingerprint density at radius 2 is 1.91 bits per heavy atom. The number of amides is 1. The van der Waals surface area contributed by atoms with Crippen molar-refractivity contribution in [3.8, 4) is 5.75 Å². The molecule has 0 aliphatic carbocycles. The van der Waals surface area contributed by atoms with E-state index in [4.69, 9.17) is 27.8 Å². The summed E-state index contributed by atoms with van der Waals surface area (Å²) >= 11 is 5.93. The first-order valence-corrected chi connectivity index (χ1v) is 7.37. The summed E-state index contributed by atoms with van der Waals surface area (Å²) < 4.78 is 5.71. The third kappa shape index (κ3) is 4.23. The lowest BCUT2D eigenvalue weighted by Crippen LogP contribution is -2.40. The van der Waals surface area contributed by atoms with Crippen molar-refractivity contribution < 1.29 is 9.53 Å². The van der Waals surface area contributed by atoms with E-state index in [1.807, 2.05) is 55.5 Å². The second-order valence-electron chi connectivity index (χ2n) is 5.20. The lowest BCUT2D eigenvalue weighted by molar-refractivity contribution is -0.119. The van der Waals surface area contributed by atoms with Crippen molar-refractivity contribution in [1.82, 2.24) is 0 Å². The van der Waals surface area contributed by atoms with Gasteiger partial charge in [-0.3, -0.25) is 4.79 Å². The smallest absolute Gasteiger partial charge is 0.234 e. The fraction of sp³-hybridized carbons (Fsp3) is 0.235. The van der Waals surface area contributed by atoms with Crippen LogP contribution in [0.15, 0.2) is 48.5 Å². The van der Waals surface area contributed by atoms with Gasteiger partial charge >= 0.3 is 0 Å². The molecular weight excluding hydrogens is 300 g/mol. The van der Waals surface area contributed by atoms with Crippen LogP contribution >= 0.6 is 11.6 Å². The number of primary amides is 1. The van der Waals surface area contributed by atoms with E-state index in [1.54, 1.807) is 0 Å². The van der Waals surface area contributed by atoms with Gasteiger partial charge in [-0.25, -0.2) is 0 Å². The van der Waals surface area contributed by atoms with Gasteiger partial charge in [0.05, 0.1) is 6.04 Å². The van der Waals surface area contributed by atoms with Crippen LogP contribution in [0.5, 0.6) is 5.75 Å². The Balaban J connectivity index is 1.98. The Morgan fingerprint density at radius 3 is 2.50 bits per heavy atom. The Bertz CT molecular complexity index is 643. The summed E-state index contributed by atoms with van der Waals surface area (Å²) in [5.41, 5.74) is 12.9. The molecule has 0 saturated carbocycles. The minimum absolute atomic E-state index is 0.139. The summed E-state index contributed by atoms with van der Waals surface area (Å²) in [7, 11) is 0. The average molecular weight is 319 g/mol. The highest BCUT2D eigenvalue weighted by molar-refractivity contribution is 6.30. The molecule has 0 radical (unpaired) electrons. The van der Waals surface area contributed by atoms with Crippen LogP contribution < -0.4 is 16.2 Å². The number of carbonyl (C=O) groups is 1. The van der Waals surface area contributed by atoms with E-state index in [2.05, 4.69) is 0 Å². The number of ether oxygens (including phenoxy) is 1. The first-order valence-electron chi connectivity index (χ1n) is 6.99. The summed E-state index contributed by atoms with van der Waals surface area (Å²) in [6.45, 7) is 2.31. The van der Waals surface area contributed by atoms with Gasteiger partial charge in [-0.15, -0.1) is 0 Å². The molecule has 2 aromatic carbocycles. The summed E-state index contributed by atoms with van der Waals surface area (Å²) in [5.74, 6) is 0.0943. The van der Waals surface area contributed by atoms with Crippen LogP contribution in [-0.2, 0) is 11.4 Å². The summed E-state index contributed by atoms with van der Waals surface area (Å²) in [5, 5.41) is 0.686. The fourth-order valence-corrected chi connectivity index (χ4v) is 2.33. The molecule has 22 heavy (non-hydrogen) atoms. The molecule has 1 amide bonds. The largest absolute Gasteiger partial charge is 0.489 e. The van der Waals surface area contributed by atoms with E-state index in [0.29, 0.717) is 11.6 Å². The zero-order valence-corrected chi connectivity index (χ0v) is 13.1. The van der Waals surface area contributed by atoms with E-state index < -0.39 is 11.9 Å². The number of nitrogens with two attached hydrogens (primary N) is 2. The quantitative estimate of drug-likeness (QED) is 0.859. The molecule has 2 aromatic rings. The Kier molecular flexibility index (Phi) is 5.41. The number of carbonyl (C=O) groups excluding carboxylic acids is 1. The maximum Gasteiger partial charge on any atom is 0.234 e. The third-order valence-corrected chi connectivity index (χ3v) is 3.80. The molecule has 2 rings (SSSR count). The van der Waals surface area contributed by atoms with Crippen LogP contribution in [0.2, 0.25) is 5.02 Å². The minimum atomic E-state index is -0.696. The van der Waals surface area contributed by atoms with Crippen molar-refractivity contribution in [2.45, 2.75) is 25.5 Å². The zero-order valence-electron chi connectivity index (χ0n) is 12.3. The second kappa shape index (κ2) is 7.29. The van der Waals surface area contributed by atoms with Crippen molar-refractivity contribution in [2.75, 3.05) is 0 Å². The third-order valence-electron chi connectivity index (χ3n) is 3.57. The zero-order chi connectivity index (χ0) is 16.1. The number of benzene rings is 2. The van der Waals surface area contributed by atoms with Crippen LogP contribution in [0.1, 0.15) is 24.0 Å². The molecular formula is C17H19ClN2O2. The molecule has 0 heterocycles. The molecule has 0 bridgehead atoms. The van der Waals surface area contributed by atoms with E-state index in [1.165, 1.54) is 0 Å². The first kappa shape index (κ1) is 16.3. The Labute approximate surface area is 135 Å². The van der Waals surface area contributed by atoms with Gasteiger partial charge in [0.15, 0.2) is 0 Å². The van der Waals surface area contributed by atoms with Gasteiger partial charge < -0.3 is 16.2 Å². The molecule has 4 N–H and O–H groups in total. The summed E-state index contributed by atoms with van der Waals surface area (Å²) in [6.07, 6.45) is 0. The molecule has 0 aliphatic rings. The molecule has 4 nitrogen and oxygen atoms in total. The molecule has 0 saturated heterocycles. The second-order valence-corrected chi connectivity index (χ2v) is 5.64. The SMILES string of the molecule is CC(c1ccc(OCc2cccc(Cl)c2)cc1)C(N)C(N)=O. The lowest BCUT2D eigenvalue weighted by atomic mass is 9.93. The standard InChI is InChI=1S/C17H19ClN2O2/c1-11(16(19)17(20)21)13-5-7-15(8-6-13)22-10-12-3-2-4-14(18)9-12/h2-9,11,16H,10,19H2,1H3,(H2,20,21). The van der Waals surface area contributed by atoms with Gasteiger partial charge in [0.25, 0.3) is 0 Å². The summed E-state index contributed by atoms with van der Waals surface area (Å²) in [4.78, 5) is 11.1. The number of hydrogen-bond acceptors (Lipinski definition) is 3. The predicted molar refractivity (Wildman–Crippen MR) is 87.8 cm³/mol. The molecule has 0 spiro atoms. The van der Waals surface area contributed by atoms with Crippen LogP contribution in [-0.4, -0.2) is 11.9 Å². The van der Waals surface area contributed by atoms with Crippen molar-refractivity contribution in [2.24, 2.45) is 11.5 Å². The van der Waals surface area contributed by atoms with Gasteiger partial charge in [-0.1, -0.05) is 42.8 Å². The lowest BCUT2D eigenvalue weighted by Gasteiger charge is -2.17. The minimum Gasteiger partial charge on any atom is -0.489 e. The highest BCUT2D eigenvalue weighted by atomic mass is 35.5. The Hall–Kier alpha value is -2.04. The van der Waals surface area contributed by atoms with E-state index >= 15 is 0 Å². The van der Waals surface area contributed by atoms with Crippen LogP contribution in [0.4, 0.5) is 0 Å². The number of hydrogen-bond donors (Lipinski definition) is 2.